The van der Waals surface area contributed by atoms with Crippen molar-refractivity contribution in [3.8, 4) is 0 Å². The summed E-state index contributed by atoms with van der Waals surface area (Å²) < 4.78 is 0.259. The molecule has 3 N–H and O–H groups in total. The fraction of sp³-hybridized carbons (Fsp3) is 0.111. The van der Waals surface area contributed by atoms with Crippen molar-refractivity contribution in [1.82, 2.24) is 0 Å². The van der Waals surface area contributed by atoms with Gasteiger partial charge in [-0.05, 0) is 6.07 Å². The van der Waals surface area contributed by atoms with Gasteiger partial charge in [-0.15, -0.1) is 11.6 Å². The third-order valence-electron chi connectivity index (χ3n) is 1.87. The van der Waals surface area contributed by atoms with E-state index in [4.69, 9.17) is 22.4 Å². The average molecular weight is 337 g/mol. The van der Waals surface area contributed by atoms with E-state index < -0.39 is 16.6 Å². The molecule has 0 saturated carbocycles. The van der Waals surface area contributed by atoms with Crippen molar-refractivity contribution in [1.29, 1.82) is 0 Å². The van der Waals surface area contributed by atoms with E-state index in [0.717, 1.165) is 6.07 Å². The molecule has 1 aromatic carbocycles. The number of nitro benzene ring substituents is 1. The summed E-state index contributed by atoms with van der Waals surface area (Å²) in [6.45, 7) is 0. The summed E-state index contributed by atoms with van der Waals surface area (Å²) in [6, 6.07) is 2.35. The van der Waals surface area contributed by atoms with Crippen molar-refractivity contribution >= 4 is 50.7 Å². The first-order valence-corrected chi connectivity index (χ1v) is 5.79. The van der Waals surface area contributed by atoms with Gasteiger partial charge >= 0.3 is 5.97 Å². The van der Waals surface area contributed by atoms with Gasteiger partial charge in [-0.25, -0.2) is 9.79 Å². The summed E-state index contributed by atoms with van der Waals surface area (Å²) in [5, 5.41) is 19.9. The van der Waals surface area contributed by atoms with Crippen LogP contribution < -0.4 is 5.73 Å². The lowest BCUT2D eigenvalue weighted by Gasteiger charge is -2.04. The molecule has 0 aliphatic rings. The Bertz CT molecular complexity index is 512. The SMILES string of the molecule is NC(CCl)=Nc1c(C(=O)O)cc(Br)cc1[N+](=O)[O-]. The summed E-state index contributed by atoms with van der Waals surface area (Å²) in [4.78, 5) is 24.8. The average Bonchev–Trinajstić information content (AvgIpc) is 2.29. The number of carboxylic acids is 1. The third kappa shape index (κ3) is 3.17. The first kappa shape index (κ1) is 14.4. The zero-order chi connectivity index (χ0) is 13.9. The van der Waals surface area contributed by atoms with Crippen molar-refractivity contribution < 1.29 is 14.8 Å². The van der Waals surface area contributed by atoms with Crippen molar-refractivity contribution in [3.05, 3.63) is 32.3 Å². The highest BCUT2D eigenvalue weighted by Gasteiger charge is 2.23. The molecule has 0 saturated heterocycles. The van der Waals surface area contributed by atoms with Gasteiger partial charge in [0.15, 0.2) is 5.69 Å². The van der Waals surface area contributed by atoms with Gasteiger partial charge in [0.1, 0.15) is 5.84 Å². The van der Waals surface area contributed by atoms with Gasteiger partial charge in [-0.2, -0.15) is 0 Å². The van der Waals surface area contributed by atoms with Crippen LogP contribution in [0.15, 0.2) is 21.6 Å². The monoisotopic (exact) mass is 335 g/mol. The zero-order valence-electron chi connectivity index (χ0n) is 8.76. The quantitative estimate of drug-likeness (QED) is 0.287. The molecule has 0 radical (unpaired) electrons. The molecule has 18 heavy (non-hydrogen) atoms. The van der Waals surface area contributed by atoms with Crippen LogP contribution in [0, 0.1) is 10.1 Å². The van der Waals surface area contributed by atoms with Gasteiger partial charge in [0.25, 0.3) is 5.69 Å². The van der Waals surface area contributed by atoms with Gasteiger partial charge in [-0.3, -0.25) is 10.1 Å². The standard InChI is InChI=1S/C9H7BrClN3O4/c10-4-1-5(9(15)16)8(13-7(12)3-11)6(2-4)14(17)18/h1-2H,3H2,(H2,12,13)(H,15,16). The van der Waals surface area contributed by atoms with Crippen LogP contribution in [0.4, 0.5) is 11.4 Å². The minimum absolute atomic E-state index is 0.107. The number of benzene rings is 1. The molecule has 0 atom stereocenters. The van der Waals surface area contributed by atoms with Gasteiger partial charge in [-0.1, -0.05) is 15.9 Å². The van der Waals surface area contributed by atoms with E-state index >= 15 is 0 Å². The number of aliphatic imine (C=N–C) groups is 1. The van der Waals surface area contributed by atoms with Crippen LogP contribution >= 0.6 is 27.5 Å². The Kier molecular flexibility index (Phi) is 4.62. The van der Waals surface area contributed by atoms with E-state index in [-0.39, 0.29) is 27.4 Å². The minimum atomic E-state index is -1.35. The molecule has 1 rings (SSSR count). The third-order valence-corrected chi connectivity index (χ3v) is 2.61. The van der Waals surface area contributed by atoms with Crippen molar-refractivity contribution in [2.75, 3.05) is 5.88 Å². The minimum Gasteiger partial charge on any atom is -0.478 e. The summed E-state index contributed by atoms with van der Waals surface area (Å²) in [5.41, 5.74) is 4.25. The second-order valence-corrected chi connectivity index (χ2v) is 4.30. The van der Waals surface area contributed by atoms with Gasteiger partial charge in [0.2, 0.25) is 0 Å². The maximum Gasteiger partial charge on any atom is 0.338 e. The van der Waals surface area contributed by atoms with E-state index in [1.165, 1.54) is 6.07 Å². The molecule has 0 fully saturated rings. The van der Waals surface area contributed by atoms with Crippen LogP contribution in [0.2, 0.25) is 0 Å². The number of amidine groups is 1. The van der Waals surface area contributed by atoms with E-state index in [1.54, 1.807) is 0 Å². The molecular weight excluding hydrogens is 329 g/mol. The van der Waals surface area contributed by atoms with Gasteiger partial charge < -0.3 is 10.8 Å². The number of hydrogen-bond acceptors (Lipinski definition) is 4. The fourth-order valence-corrected chi connectivity index (χ4v) is 1.68. The Morgan fingerprint density at radius 1 is 1.61 bits per heavy atom. The largest absolute Gasteiger partial charge is 0.478 e. The number of aromatic carboxylic acids is 1. The number of rotatable bonds is 4. The number of hydrogen-bond donors (Lipinski definition) is 2. The molecule has 0 heterocycles. The molecule has 9 heteroatoms. The van der Waals surface area contributed by atoms with E-state index in [1.807, 2.05) is 0 Å². The summed E-state index contributed by atoms with van der Waals surface area (Å²) in [7, 11) is 0. The van der Waals surface area contributed by atoms with Crippen LogP contribution in [-0.4, -0.2) is 27.7 Å². The van der Waals surface area contributed by atoms with E-state index in [0.29, 0.717) is 0 Å². The van der Waals surface area contributed by atoms with Crippen LogP contribution in [0.1, 0.15) is 10.4 Å². The molecule has 0 aliphatic heterocycles. The van der Waals surface area contributed by atoms with E-state index in [2.05, 4.69) is 20.9 Å². The number of alkyl halides is 1. The Labute approximate surface area is 115 Å². The molecule has 0 aliphatic carbocycles. The maximum absolute atomic E-state index is 11.0. The van der Waals surface area contributed by atoms with Crippen LogP contribution in [0.25, 0.3) is 0 Å². The number of nitro groups is 1. The number of nitrogens with zero attached hydrogens (tertiary/aromatic N) is 2. The molecule has 1 aromatic rings. The van der Waals surface area contributed by atoms with Gasteiger partial charge in [0, 0.05) is 10.5 Å². The fourth-order valence-electron chi connectivity index (χ4n) is 1.18. The van der Waals surface area contributed by atoms with Crippen LogP contribution in [-0.2, 0) is 0 Å². The molecule has 0 aromatic heterocycles. The second kappa shape index (κ2) is 5.78. The first-order valence-electron chi connectivity index (χ1n) is 4.47. The highest BCUT2D eigenvalue weighted by atomic mass is 79.9. The first-order chi connectivity index (χ1) is 8.36. The van der Waals surface area contributed by atoms with Crippen LogP contribution in [0.3, 0.4) is 0 Å². The Balaban J connectivity index is 3.61. The molecule has 0 spiro atoms. The van der Waals surface area contributed by atoms with Crippen LogP contribution in [0.5, 0.6) is 0 Å². The number of halogens is 2. The Hall–Kier alpha value is -1.67. The normalized spacial score (nSPS) is 11.3. The molecular formula is C9H7BrClN3O4. The molecule has 7 nitrogen and oxygen atoms in total. The summed E-state index contributed by atoms with van der Waals surface area (Å²) in [6.07, 6.45) is 0. The highest BCUT2D eigenvalue weighted by Crippen LogP contribution is 2.34. The second-order valence-electron chi connectivity index (χ2n) is 3.12. The topological polar surface area (TPSA) is 119 Å². The number of nitrogens with two attached hydrogens (primary N) is 1. The number of carboxylic acid groups (broad SMARTS) is 1. The summed E-state index contributed by atoms with van der Waals surface area (Å²) in [5.74, 6) is -1.61. The molecule has 96 valence electrons. The molecule has 0 amide bonds. The van der Waals surface area contributed by atoms with Crippen molar-refractivity contribution in [2.24, 2.45) is 10.7 Å². The zero-order valence-corrected chi connectivity index (χ0v) is 11.1. The smallest absolute Gasteiger partial charge is 0.338 e. The summed E-state index contributed by atoms with van der Waals surface area (Å²) >= 11 is 8.41. The Morgan fingerprint density at radius 3 is 2.67 bits per heavy atom. The van der Waals surface area contributed by atoms with Gasteiger partial charge in [0.05, 0.1) is 16.4 Å². The lowest BCUT2D eigenvalue weighted by atomic mass is 10.1. The highest BCUT2D eigenvalue weighted by molar-refractivity contribution is 9.10. The predicted molar refractivity (Wildman–Crippen MR) is 69.8 cm³/mol. The maximum atomic E-state index is 11.0. The number of carbonyl (C=O) groups is 1. The molecule has 0 bridgehead atoms. The van der Waals surface area contributed by atoms with Crippen molar-refractivity contribution in [3.63, 3.8) is 0 Å². The lowest BCUT2D eigenvalue weighted by molar-refractivity contribution is -0.384. The van der Waals surface area contributed by atoms with E-state index in [9.17, 15) is 14.9 Å². The molecule has 0 unspecified atom stereocenters. The predicted octanol–water partition coefficient (Wildman–Crippen LogP) is 2.28. The lowest BCUT2D eigenvalue weighted by Crippen LogP contribution is -2.13. The Morgan fingerprint density at radius 2 is 2.22 bits per heavy atom. The van der Waals surface area contributed by atoms with Crippen molar-refractivity contribution in [2.45, 2.75) is 0 Å².